The van der Waals surface area contributed by atoms with Gasteiger partial charge in [-0.15, -0.1) is 0 Å². The highest BCUT2D eigenvalue weighted by molar-refractivity contribution is 6.34. The molecule has 3 rings (SSSR count). The number of benzene rings is 2. The van der Waals surface area contributed by atoms with Crippen LogP contribution in [0, 0.1) is 0 Å². The minimum atomic E-state index is -1.10. The Bertz CT molecular complexity index is 1070. The van der Waals surface area contributed by atoms with Crippen LogP contribution in [0.5, 0.6) is 0 Å². The van der Waals surface area contributed by atoms with E-state index in [0.29, 0.717) is 21.2 Å². The fourth-order valence-corrected chi connectivity index (χ4v) is 4.14. The van der Waals surface area contributed by atoms with Crippen molar-refractivity contribution in [2.75, 3.05) is 18.4 Å². The summed E-state index contributed by atoms with van der Waals surface area (Å²) >= 11 is 12.0. The number of hydrogen-bond acceptors (Lipinski definition) is 5. The number of amides is 2. The Morgan fingerprint density at radius 2 is 1.79 bits per heavy atom. The number of nitrogens with one attached hydrogen (secondary N) is 3. The van der Waals surface area contributed by atoms with Gasteiger partial charge in [-0.3, -0.25) is 19.4 Å². The fourth-order valence-electron chi connectivity index (χ4n) is 3.59. The topological polar surface area (TPSA) is 120 Å². The first-order valence-corrected chi connectivity index (χ1v) is 11.7. The highest BCUT2D eigenvalue weighted by Crippen LogP contribution is 2.25. The van der Waals surface area contributed by atoms with E-state index >= 15 is 0 Å². The molecule has 34 heavy (non-hydrogen) atoms. The van der Waals surface area contributed by atoms with Gasteiger partial charge in [-0.25, -0.2) is 0 Å². The van der Waals surface area contributed by atoms with Crippen molar-refractivity contribution in [2.45, 2.75) is 38.1 Å². The normalized spacial score (nSPS) is 14.4. The molecule has 1 heterocycles. The number of hydrogen-bond donors (Lipinski definition) is 4. The average molecular weight is 505 g/mol. The first-order valence-electron chi connectivity index (χ1n) is 11.0. The molecular weight excluding hydrogens is 479 g/mol. The lowest BCUT2D eigenvalue weighted by atomic mass is 10.0. The van der Waals surface area contributed by atoms with Crippen LogP contribution in [0.4, 0.5) is 5.69 Å². The van der Waals surface area contributed by atoms with Crippen LogP contribution >= 0.6 is 23.2 Å². The van der Waals surface area contributed by atoms with Gasteiger partial charge in [-0.2, -0.15) is 0 Å². The van der Waals surface area contributed by atoms with Crippen molar-refractivity contribution in [1.82, 2.24) is 10.6 Å². The Morgan fingerprint density at radius 1 is 1.03 bits per heavy atom. The van der Waals surface area contributed by atoms with Crippen molar-refractivity contribution in [3.05, 3.63) is 63.6 Å². The zero-order valence-corrected chi connectivity index (χ0v) is 20.0. The molecule has 2 amide bonds. The lowest BCUT2D eigenvalue weighted by Gasteiger charge is -2.18. The van der Waals surface area contributed by atoms with Gasteiger partial charge < -0.3 is 21.1 Å². The van der Waals surface area contributed by atoms with Gasteiger partial charge in [0.1, 0.15) is 5.84 Å². The van der Waals surface area contributed by atoms with Gasteiger partial charge in [-0.05, 0) is 54.8 Å². The lowest BCUT2D eigenvalue weighted by Crippen LogP contribution is -2.39. The minimum absolute atomic E-state index is 0.323. The largest absolute Gasteiger partial charge is 0.481 e. The van der Waals surface area contributed by atoms with Gasteiger partial charge in [0.2, 0.25) is 5.91 Å². The summed E-state index contributed by atoms with van der Waals surface area (Å²) in [5.41, 5.74) is 1.59. The number of carbonyl (C=O) groups excluding carboxylic acids is 2. The summed E-state index contributed by atoms with van der Waals surface area (Å²) in [5, 5.41) is 18.3. The molecule has 180 valence electrons. The number of anilines is 1. The van der Waals surface area contributed by atoms with Crippen molar-refractivity contribution < 1.29 is 19.5 Å². The molecule has 2 aromatic carbocycles. The molecule has 8 nitrogen and oxygen atoms in total. The standard InChI is InChI=1S/C24H26Cl2N4O4/c25-17-9-16(10-18(26)12-17)20(13-23(32)33)30-22(31)14-28-24(34)15-5-4-6-19(11-15)29-21-7-2-1-3-8-27-21/h4-6,9-12,20H,1-3,7-8,13-14H2,(H,27,29)(H,28,34)(H,30,31)(H,32,33). The molecule has 10 heteroatoms. The summed E-state index contributed by atoms with van der Waals surface area (Å²) in [6, 6.07) is 10.7. The third-order valence-corrected chi connectivity index (χ3v) is 5.63. The molecular formula is C24H26Cl2N4O4. The van der Waals surface area contributed by atoms with E-state index in [9.17, 15) is 19.5 Å². The van der Waals surface area contributed by atoms with Crippen LogP contribution in [0.3, 0.4) is 0 Å². The van der Waals surface area contributed by atoms with Crippen LogP contribution in [0.25, 0.3) is 0 Å². The number of rotatable bonds is 8. The molecule has 0 radical (unpaired) electrons. The van der Waals surface area contributed by atoms with Gasteiger partial charge >= 0.3 is 5.97 Å². The van der Waals surface area contributed by atoms with Gasteiger partial charge in [0.25, 0.3) is 5.91 Å². The molecule has 4 N–H and O–H groups in total. The van der Waals surface area contributed by atoms with Crippen LogP contribution in [-0.4, -0.2) is 41.8 Å². The molecule has 0 fully saturated rings. The van der Waals surface area contributed by atoms with Crippen molar-refractivity contribution in [3.8, 4) is 0 Å². The SMILES string of the molecule is O=C(O)CC(NC(=O)CNC(=O)c1cccc(NC2=NCCCCC2)c1)c1cc(Cl)cc(Cl)c1. The Hall–Kier alpha value is -3.10. The number of carboxylic acid groups (broad SMARTS) is 1. The zero-order valence-electron chi connectivity index (χ0n) is 18.4. The predicted molar refractivity (Wildman–Crippen MR) is 133 cm³/mol. The van der Waals surface area contributed by atoms with Gasteiger partial charge in [0.05, 0.1) is 19.0 Å². The molecule has 0 spiro atoms. The summed E-state index contributed by atoms with van der Waals surface area (Å²) in [6.45, 7) is 0.468. The van der Waals surface area contributed by atoms with Crippen molar-refractivity contribution in [1.29, 1.82) is 0 Å². The highest BCUT2D eigenvalue weighted by atomic mass is 35.5. The predicted octanol–water partition coefficient (Wildman–Crippen LogP) is 4.44. The number of carboxylic acids is 1. The summed E-state index contributed by atoms with van der Waals surface area (Å²) in [7, 11) is 0. The maximum atomic E-state index is 12.6. The molecule has 2 aromatic rings. The monoisotopic (exact) mass is 504 g/mol. The fraction of sp³-hybridized carbons (Fsp3) is 0.333. The van der Waals surface area contributed by atoms with E-state index in [2.05, 4.69) is 20.9 Å². The smallest absolute Gasteiger partial charge is 0.305 e. The lowest BCUT2D eigenvalue weighted by molar-refractivity contribution is -0.137. The Kier molecular flexibility index (Phi) is 9.30. The Morgan fingerprint density at radius 3 is 2.53 bits per heavy atom. The van der Waals surface area contributed by atoms with E-state index in [1.807, 2.05) is 6.07 Å². The van der Waals surface area contributed by atoms with Gasteiger partial charge in [-0.1, -0.05) is 35.7 Å². The number of amidine groups is 1. The molecule has 1 aliphatic heterocycles. The van der Waals surface area contributed by atoms with E-state index in [0.717, 1.165) is 43.8 Å². The van der Waals surface area contributed by atoms with Crippen molar-refractivity contribution in [2.24, 2.45) is 4.99 Å². The number of aliphatic carboxylic acids is 1. The molecule has 0 bridgehead atoms. The number of aliphatic imine (C=N–C) groups is 1. The van der Waals surface area contributed by atoms with Gasteiger partial charge in [0, 0.05) is 34.3 Å². The summed E-state index contributed by atoms with van der Waals surface area (Å²) in [4.78, 5) is 40.9. The second-order valence-corrected chi connectivity index (χ2v) is 8.82. The van der Waals surface area contributed by atoms with E-state index in [-0.39, 0.29) is 13.0 Å². The third-order valence-electron chi connectivity index (χ3n) is 5.20. The molecule has 0 aliphatic carbocycles. The molecule has 0 saturated carbocycles. The van der Waals surface area contributed by atoms with Crippen LogP contribution in [-0.2, 0) is 9.59 Å². The first kappa shape index (κ1) is 25.5. The maximum Gasteiger partial charge on any atom is 0.305 e. The van der Waals surface area contributed by atoms with Crippen LogP contribution < -0.4 is 16.0 Å². The van der Waals surface area contributed by atoms with Crippen molar-refractivity contribution in [3.63, 3.8) is 0 Å². The second kappa shape index (κ2) is 12.4. The third kappa shape index (κ3) is 8.04. The van der Waals surface area contributed by atoms with Gasteiger partial charge in [0.15, 0.2) is 0 Å². The van der Waals surface area contributed by atoms with Crippen LogP contribution in [0.15, 0.2) is 47.5 Å². The summed E-state index contributed by atoms with van der Waals surface area (Å²) in [5.74, 6) is -1.17. The Labute approximate surface area is 207 Å². The molecule has 1 atom stereocenters. The number of carbonyl (C=O) groups is 3. The van der Waals surface area contributed by atoms with Crippen LogP contribution in [0.1, 0.15) is 54.1 Å². The molecule has 1 aliphatic rings. The maximum absolute atomic E-state index is 12.6. The van der Waals surface area contributed by atoms with E-state index < -0.39 is 23.8 Å². The number of halogens is 2. The van der Waals surface area contributed by atoms with Crippen LogP contribution in [0.2, 0.25) is 10.0 Å². The molecule has 1 unspecified atom stereocenters. The minimum Gasteiger partial charge on any atom is -0.481 e. The van der Waals surface area contributed by atoms with E-state index in [4.69, 9.17) is 23.2 Å². The second-order valence-electron chi connectivity index (χ2n) is 7.95. The first-order chi connectivity index (χ1) is 16.3. The summed E-state index contributed by atoms with van der Waals surface area (Å²) < 4.78 is 0. The molecule has 0 saturated heterocycles. The average Bonchev–Trinajstić information content (AvgIpc) is 3.05. The summed E-state index contributed by atoms with van der Waals surface area (Å²) in [6.07, 6.45) is 3.80. The van der Waals surface area contributed by atoms with E-state index in [1.165, 1.54) is 18.2 Å². The van der Waals surface area contributed by atoms with E-state index in [1.54, 1.807) is 18.2 Å². The quantitative estimate of drug-likeness (QED) is 0.423. The Balaban J connectivity index is 1.59. The number of nitrogens with zero attached hydrogens (tertiary/aromatic N) is 1. The zero-order chi connectivity index (χ0) is 24.5. The molecule has 0 aromatic heterocycles. The van der Waals surface area contributed by atoms with Crippen molar-refractivity contribution >= 4 is 52.5 Å². The highest BCUT2D eigenvalue weighted by Gasteiger charge is 2.20.